The van der Waals surface area contributed by atoms with E-state index in [0.29, 0.717) is 18.9 Å². The number of aliphatic carboxylic acids is 1. The number of nitrogens with one attached hydrogen (secondary N) is 1. The minimum Gasteiger partial charge on any atom is -0.481 e. The number of carbonyl (C=O) groups is 3. The summed E-state index contributed by atoms with van der Waals surface area (Å²) < 4.78 is 0. The fraction of sp³-hybridized carbons (Fsp3) is 0.727. The van der Waals surface area contributed by atoms with E-state index in [1.165, 1.54) is 0 Å². The van der Waals surface area contributed by atoms with Gasteiger partial charge >= 0.3 is 12.0 Å². The predicted octanol–water partition coefficient (Wildman–Crippen LogP) is -0.242. The van der Waals surface area contributed by atoms with Gasteiger partial charge in [-0.1, -0.05) is 0 Å². The Labute approximate surface area is 105 Å². The second-order valence-corrected chi connectivity index (χ2v) is 4.59. The Morgan fingerprint density at radius 3 is 2.72 bits per heavy atom. The summed E-state index contributed by atoms with van der Waals surface area (Å²) >= 11 is 0. The second kappa shape index (κ2) is 6.95. The van der Waals surface area contributed by atoms with E-state index in [1.807, 2.05) is 10.2 Å². The van der Waals surface area contributed by atoms with Crippen molar-refractivity contribution in [2.24, 2.45) is 11.7 Å². The smallest absolute Gasteiger partial charge is 0.318 e. The lowest BCUT2D eigenvalue weighted by Crippen LogP contribution is -2.45. The molecule has 0 saturated carbocycles. The molecular formula is C11H19N3O4. The summed E-state index contributed by atoms with van der Waals surface area (Å²) in [5.74, 6) is -0.906. The van der Waals surface area contributed by atoms with Gasteiger partial charge in [0.05, 0.1) is 6.54 Å². The maximum atomic E-state index is 11.3. The lowest BCUT2D eigenvalue weighted by atomic mass is 9.93. The predicted molar refractivity (Wildman–Crippen MR) is 63.8 cm³/mol. The lowest BCUT2D eigenvalue weighted by Gasteiger charge is -2.31. The van der Waals surface area contributed by atoms with Crippen LogP contribution in [-0.4, -0.2) is 47.5 Å². The van der Waals surface area contributed by atoms with Crippen molar-refractivity contribution in [2.75, 3.05) is 19.6 Å². The van der Waals surface area contributed by atoms with E-state index in [9.17, 15) is 14.4 Å². The van der Waals surface area contributed by atoms with Crippen LogP contribution in [-0.2, 0) is 9.59 Å². The van der Waals surface area contributed by atoms with Crippen LogP contribution in [0.5, 0.6) is 0 Å². The van der Waals surface area contributed by atoms with Crippen molar-refractivity contribution in [1.29, 1.82) is 0 Å². The molecule has 0 radical (unpaired) electrons. The van der Waals surface area contributed by atoms with Gasteiger partial charge in [-0.05, 0) is 31.7 Å². The Hall–Kier alpha value is -1.63. The van der Waals surface area contributed by atoms with E-state index in [2.05, 4.69) is 0 Å². The number of carboxylic acid groups (broad SMARTS) is 1. The highest BCUT2D eigenvalue weighted by Crippen LogP contribution is 2.20. The van der Waals surface area contributed by atoms with E-state index < -0.39 is 17.9 Å². The van der Waals surface area contributed by atoms with Crippen molar-refractivity contribution in [1.82, 2.24) is 10.2 Å². The highest BCUT2D eigenvalue weighted by atomic mass is 16.4. The van der Waals surface area contributed by atoms with Crippen molar-refractivity contribution in [3.05, 3.63) is 0 Å². The minimum absolute atomic E-state index is 0.131. The van der Waals surface area contributed by atoms with E-state index in [1.54, 1.807) is 0 Å². The van der Waals surface area contributed by atoms with E-state index in [-0.39, 0.29) is 13.0 Å². The molecule has 0 aromatic carbocycles. The molecule has 0 aromatic heterocycles. The monoisotopic (exact) mass is 257 g/mol. The van der Waals surface area contributed by atoms with Crippen LogP contribution in [0.2, 0.25) is 0 Å². The molecule has 0 spiro atoms. The number of hydrogen-bond acceptors (Lipinski definition) is 4. The Kier molecular flexibility index (Phi) is 5.57. The highest BCUT2D eigenvalue weighted by molar-refractivity contribution is 5.94. The fourth-order valence-electron chi connectivity index (χ4n) is 2.24. The van der Waals surface area contributed by atoms with Crippen LogP contribution in [0, 0.1) is 5.92 Å². The van der Waals surface area contributed by atoms with Crippen molar-refractivity contribution >= 4 is 17.9 Å². The number of carbonyl (C=O) groups excluding carboxylic acids is 2. The fourth-order valence-corrected chi connectivity index (χ4v) is 2.24. The average Bonchev–Trinajstić information content (AvgIpc) is 2.25. The zero-order valence-corrected chi connectivity index (χ0v) is 10.2. The van der Waals surface area contributed by atoms with Crippen molar-refractivity contribution in [3.63, 3.8) is 0 Å². The van der Waals surface area contributed by atoms with Gasteiger partial charge in [-0.15, -0.1) is 0 Å². The van der Waals surface area contributed by atoms with Gasteiger partial charge < -0.3 is 10.8 Å². The third-order valence-electron chi connectivity index (χ3n) is 3.00. The van der Waals surface area contributed by atoms with Crippen LogP contribution in [0.25, 0.3) is 0 Å². The molecule has 0 bridgehead atoms. The van der Waals surface area contributed by atoms with Crippen LogP contribution in [0.3, 0.4) is 0 Å². The summed E-state index contributed by atoms with van der Waals surface area (Å²) in [5, 5.41) is 10.6. The summed E-state index contributed by atoms with van der Waals surface area (Å²) in [7, 11) is 0. The molecule has 1 atom stereocenters. The summed E-state index contributed by atoms with van der Waals surface area (Å²) in [6.07, 6.45) is 2.71. The van der Waals surface area contributed by atoms with Crippen LogP contribution in [0.1, 0.15) is 25.7 Å². The van der Waals surface area contributed by atoms with Gasteiger partial charge in [-0.2, -0.15) is 0 Å². The summed E-state index contributed by atoms with van der Waals surface area (Å²) in [4.78, 5) is 34.3. The van der Waals surface area contributed by atoms with E-state index in [0.717, 1.165) is 19.4 Å². The summed E-state index contributed by atoms with van der Waals surface area (Å²) in [5.41, 5.74) is 4.85. The Morgan fingerprint density at radius 1 is 1.39 bits per heavy atom. The molecule has 1 aliphatic heterocycles. The largest absolute Gasteiger partial charge is 0.481 e. The zero-order valence-electron chi connectivity index (χ0n) is 10.2. The number of nitrogens with two attached hydrogens (primary N) is 1. The van der Waals surface area contributed by atoms with Gasteiger partial charge in [0.25, 0.3) is 0 Å². The van der Waals surface area contributed by atoms with Gasteiger partial charge in [-0.3, -0.25) is 19.8 Å². The Balaban J connectivity index is 2.32. The quantitative estimate of drug-likeness (QED) is 0.629. The first kappa shape index (κ1) is 14.4. The first-order valence-corrected chi connectivity index (χ1v) is 6.01. The standard InChI is InChI=1S/C11H19N3O4/c12-11(18)13-9(15)7-14-5-1-2-8(6-14)3-4-10(16)17/h8H,1-7H2,(H,16,17)(H3,12,13,15,18). The molecule has 1 heterocycles. The number of amides is 3. The van der Waals surface area contributed by atoms with Crippen LogP contribution in [0.15, 0.2) is 0 Å². The molecule has 0 aromatic rings. The van der Waals surface area contributed by atoms with E-state index in [4.69, 9.17) is 10.8 Å². The third-order valence-corrected chi connectivity index (χ3v) is 3.00. The maximum absolute atomic E-state index is 11.3. The van der Waals surface area contributed by atoms with Crippen molar-refractivity contribution in [3.8, 4) is 0 Å². The van der Waals surface area contributed by atoms with E-state index >= 15 is 0 Å². The number of piperidine rings is 1. The molecule has 1 rings (SSSR count). The molecule has 1 fully saturated rings. The Bertz CT molecular complexity index is 332. The highest BCUT2D eigenvalue weighted by Gasteiger charge is 2.22. The molecule has 1 saturated heterocycles. The van der Waals surface area contributed by atoms with Gasteiger partial charge in [0, 0.05) is 13.0 Å². The van der Waals surface area contributed by atoms with Crippen LogP contribution < -0.4 is 11.1 Å². The molecule has 102 valence electrons. The Morgan fingerprint density at radius 2 is 2.11 bits per heavy atom. The number of imide groups is 1. The topological polar surface area (TPSA) is 113 Å². The van der Waals surface area contributed by atoms with Crippen molar-refractivity contribution in [2.45, 2.75) is 25.7 Å². The number of primary amides is 1. The van der Waals surface area contributed by atoms with Gasteiger partial charge in [0.2, 0.25) is 5.91 Å². The van der Waals surface area contributed by atoms with Gasteiger partial charge in [0.1, 0.15) is 0 Å². The number of hydrogen-bond donors (Lipinski definition) is 3. The first-order valence-electron chi connectivity index (χ1n) is 6.01. The molecule has 7 heteroatoms. The number of rotatable bonds is 5. The maximum Gasteiger partial charge on any atom is 0.318 e. The van der Waals surface area contributed by atoms with Crippen molar-refractivity contribution < 1.29 is 19.5 Å². The second-order valence-electron chi connectivity index (χ2n) is 4.59. The zero-order chi connectivity index (χ0) is 13.5. The number of urea groups is 1. The molecule has 7 nitrogen and oxygen atoms in total. The number of likely N-dealkylation sites (tertiary alicyclic amines) is 1. The number of carboxylic acids is 1. The van der Waals surface area contributed by atoms with Gasteiger partial charge in [-0.25, -0.2) is 4.79 Å². The average molecular weight is 257 g/mol. The normalized spacial score (nSPS) is 20.3. The molecule has 0 aliphatic carbocycles. The molecule has 1 aliphatic rings. The molecule has 4 N–H and O–H groups in total. The molecule has 18 heavy (non-hydrogen) atoms. The van der Waals surface area contributed by atoms with Gasteiger partial charge in [0.15, 0.2) is 0 Å². The molecular weight excluding hydrogens is 238 g/mol. The summed E-state index contributed by atoms with van der Waals surface area (Å²) in [6, 6.07) is -0.848. The number of nitrogens with zero attached hydrogens (tertiary/aromatic N) is 1. The SMILES string of the molecule is NC(=O)NC(=O)CN1CCCC(CCC(=O)O)C1. The summed E-state index contributed by atoms with van der Waals surface area (Å²) in [6.45, 7) is 1.61. The molecule has 1 unspecified atom stereocenters. The lowest BCUT2D eigenvalue weighted by molar-refractivity contribution is -0.137. The molecule has 3 amide bonds. The van der Waals surface area contributed by atoms with Crippen LogP contribution in [0.4, 0.5) is 4.79 Å². The first-order chi connectivity index (χ1) is 8.47. The third kappa shape index (κ3) is 5.62. The minimum atomic E-state index is -0.848. The van der Waals surface area contributed by atoms with Crippen LogP contribution >= 0.6 is 0 Å².